The Morgan fingerprint density at radius 2 is 2.25 bits per heavy atom. The summed E-state index contributed by atoms with van der Waals surface area (Å²) >= 11 is 5.47. The molecule has 1 aromatic heterocycles. The number of benzene rings is 1. The van der Waals surface area contributed by atoms with Crippen LogP contribution in [0.25, 0.3) is 11.0 Å². The van der Waals surface area contributed by atoms with Crippen molar-refractivity contribution in [2.45, 2.75) is 38.4 Å². The maximum absolute atomic E-state index is 5.47. The standard InChI is InChI=1S/C15H21N3OS/c1-10(17(2)11-4-5-11)9-18-14-7-6-12(19-3)8-13(14)16-15(18)20/h6-8,10-11H,4-5,9H2,1-3H3,(H,16,20). The number of hydrogen-bond donors (Lipinski definition) is 1. The van der Waals surface area contributed by atoms with Crippen molar-refractivity contribution in [3.05, 3.63) is 23.0 Å². The first-order chi connectivity index (χ1) is 9.60. The summed E-state index contributed by atoms with van der Waals surface area (Å²) in [6.07, 6.45) is 2.66. The van der Waals surface area contributed by atoms with Gasteiger partial charge in [-0.25, -0.2) is 0 Å². The van der Waals surface area contributed by atoms with E-state index < -0.39 is 0 Å². The second-order valence-corrected chi connectivity index (χ2v) is 6.06. The predicted molar refractivity (Wildman–Crippen MR) is 83.9 cm³/mol. The van der Waals surface area contributed by atoms with Crippen LogP contribution in [0, 0.1) is 4.77 Å². The van der Waals surface area contributed by atoms with E-state index in [-0.39, 0.29) is 0 Å². The number of methoxy groups -OCH3 is 1. The summed E-state index contributed by atoms with van der Waals surface area (Å²) in [6, 6.07) is 7.30. The average Bonchev–Trinajstić information content (AvgIpc) is 3.24. The zero-order valence-corrected chi connectivity index (χ0v) is 13.0. The number of imidazole rings is 1. The van der Waals surface area contributed by atoms with Crippen LogP contribution >= 0.6 is 12.2 Å². The van der Waals surface area contributed by atoms with Gasteiger partial charge in [-0.15, -0.1) is 0 Å². The number of nitrogens with zero attached hydrogens (tertiary/aromatic N) is 2. The third-order valence-electron chi connectivity index (χ3n) is 4.25. The third-order valence-corrected chi connectivity index (χ3v) is 4.57. The number of H-pyrrole nitrogens is 1. The van der Waals surface area contributed by atoms with Crippen LogP contribution in [0.15, 0.2) is 18.2 Å². The molecule has 1 fully saturated rings. The summed E-state index contributed by atoms with van der Waals surface area (Å²) in [7, 11) is 3.89. The molecule has 3 rings (SSSR count). The fraction of sp³-hybridized carbons (Fsp3) is 0.533. The van der Waals surface area contributed by atoms with Crippen LogP contribution in [-0.2, 0) is 6.54 Å². The van der Waals surface area contributed by atoms with Gasteiger partial charge in [-0.1, -0.05) is 0 Å². The molecule has 0 spiro atoms. The van der Waals surface area contributed by atoms with Crippen LogP contribution in [0.3, 0.4) is 0 Å². The Labute approximate surface area is 124 Å². The molecular weight excluding hydrogens is 270 g/mol. The van der Waals surface area contributed by atoms with E-state index in [0.29, 0.717) is 6.04 Å². The number of fused-ring (bicyclic) bond motifs is 1. The molecule has 1 aliphatic carbocycles. The molecule has 0 aliphatic heterocycles. The number of nitrogens with one attached hydrogen (secondary N) is 1. The van der Waals surface area contributed by atoms with Gasteiger partial charge in [-0.3, -0.25) is 4.90 Å². The molecule has 0 radical (unpaired) electrons. The van der Waals surface area contributed by atoms with Crippen LogP contribution in [0.2, 0.25) is 0 Å². The molecule has 1 N–H and O–H groups in total. The Morgan fingerprint density at radius 3 is 2.90 bits per heavy atom. The first kappa shape index (κ1) is 13.6. The van der Waals surface area contributed by atoms with E-state index >= 15 is 0 Å². The van der Waals surface area contributed by atoms with Gasteiger partial charge in [-0.2, -0.15) is 0 Å². The Morgan fingerprint density at radius 1 is 1.50 bits per heavy atom. The van der Waals surface area contributed by atoms with Crippen molar-refractivity contribution in [2.24, 2.45) is 0 Å². The van der Waals surface area contributed by atoms with Crippen LogP contribution in [0.5, 0.6) is 5.75 Å². The van der Waals surface area contributed by atoms with Gasteiger partial charge in [0.1, 0.15) is 5.75 Å². The monoisotopic (exact) mass is 291 g/mol. The third kappa shape index (κ3) is 2.47. The summed E-state index contributed by atoms with van der Waals surface area (Å²) in [5, 5.41) is 0. The molecule has 1 aliphatic rings. The fourth-order valence-corrected chi connectivity index (χ4v) is 2.97. The van der Waals surface area contributed by atoms with E-state index in [1.807, 2.05) is 12.1 Å². The number of aromatic nitrogens is 2. The maximum atomic E-state index is 5.47. The van der Waals surface area contributed by atoms with Crippen molar-refractivity contribution in [3.8, 4) is 5.75 Å². The molecule has 1 aromatic carbocycles. The summed E-state index contributed by atoms with van der Waals surface area (Å²) < 4.78 is 8.23. The van der Waals surface area contributed by atoms with Gasteiger partial charge in [0, 0.05) is 24.7 Å². The van der Waals surface area contributed by atoms with Gasteiger partial charge in [-0.05, 0) is 51.2 Å². The second-order valence-electron chi connectivity index (χ2n) is 5.67. The zero-order valence-electron chi connectivity index (χ0n) is 12.2. The first-order valence-corrected chi connectivity index (χ1v) is 7.49. The molecule has 108 valence electrons. The number of aromatic amines is 1. The molecule has 0 bridgehead atoms. The van der Waals surface area contributed by atoms with Crippen LogP contribution in [-0.4, -0.2) is 40.7 Å². The molecular formula is C15H21N3OS. The highest BCUT2D eigenvalue weighted by Gasteiger charge is 2.29. The minimum atomic E-state index is 0.482. The lowest BCUT2D eigenvalue weighted by Gasteiger charge is -2.25. The predicted octanol–water partition coefficient (Wildman–Crippen LogP) is 3.19. The van der Waals surface area contributed by atoms with E-state index in [4.69, 9.17) is 17.0 Å². The van der Waals surface area contributed by atoms with E-state index in [2.05, 4.69) is 34.5 Å². The SMILES string of the molecule is COc1ccc2c(c1)[nH]c(=S)n2CC(C)N(C)C1CC1. The molecule has 1 unspecified atom stereocenters. The summed E-state index contributed by atoms with van der Waals surface area (Å²) in [4.78, 5) is 5.73. The van der Waals surface area contributed by atoms with Crippen molar-refractivity contribution in [1.82, 2.24) is 14.5 Å². The van der Waals surface area contributed by atoms with Gasteiger partial charge in [0.05, 0.1) is 18.1 Å². The minimum Gasteiger partial charge on any atom is -0.497 e. The topological polar surface area (TPSA) is 33.2 Å². The van der Waals surface area contributed by atoms with E-state index in [1.165, 1.54) is 12.8 Å². The highest BCUT2D eigenvalue weighted by Crippen LogP contribution is 2.28. The summed E-state index contributed by atoms with van der Waals surface area (Å²) in [5.41, 5.74) is 2.18. The molecule has 4 nitrogen and oxygen atoms in total. The van der Waals surface area contributed by atoms with Crippen LogP contribution < -0.4 is 4.74 Å². The fourth-order valence-electron chi connectivity index (χ4n) is 2.69. The van der Waals surface area contributed by atoms with E-state index in [1.54, 1.807) is 7.11 Å². The smallest absolute Gasteiger partial charge is 0.178 e. The quantitative estimate of drug-likeness (QED) is 0.859. The average molecular weight is 291 g/mol. The van der Waals surface area contributed by atoms with Crippen molar-refractivity contribution < 1.29 is 4.74 Å². The Hall–Kier alpha value is -1.33. The summed E-state index contributed by atoms with van der Waals surface area (Å²) in [6.45, 7) is 3.18. The second kappa shape index (κ2) is 5.22. The Balaban J connectivity index is 1.90. The van der Waals surface area contributed by atoms with Gasteiger partial charge in [0.25, 0.3) is 0 Å². The maximum Gasteiger partial charge on any atom is 0.178 e. The normalized spacial score (nSPS) is 16.8. The molecule has 1 atom stereocenters. The number of likely N-dealkylation sites (N-methyl/N-ethyl adjacent to an activating group) is 1. The van der Waals surface area contributed by atoms with Crippen molar-refractivity contribution in [2.75, 3.05) is 14.2 Å². The lowest BCUT2D eigenvalue weighted by Crippen LogP contribution is -2.34. The molecule has 1 saturated carbocycles. The van der Waals surface area contributed by atoms with Gasteiger partial charge >= 0.3 is 0 Å². The molecule has 0 amide bonds. The van der Waals surface area contributed by atoms with Crippen molar-refractivity contribution >= 4 is 23.3 Å². The lowest BCUT2D eigenvalue weighted by molar-refractivity contribution is 0.226. The van der Waals surface area contributed by atoms with E-state index in [0.717, 1.165) is 34.1 Å². The van der Waals surface area contributed by atoms with Crippen molar-refractivity contribution in [1.29, 1.82) is 0 Å². The molecule has 2 aromatic rings. The lowest BCUT2D eigenvalue weighted by atomic mass is 10.2. The van der Waals surface area contributed by atoms with Gasteiger partial charge in [0.15, 0.2) is 4.77 Å². The highest BCUT2D eigenvalue weighted by molar-refractivity contribution is 7.71. The van der Waals surface area contributed by atoms with Gasteiger partial charge in [0.2, 0.25) is 0 Å². The van der Waals surface area contributed by atoms with Crippen molar-refractivity contribution in [3.63, 3.8) is 0 Å². The minimum absolute atomic E-state index is 0.482. The number of ether oxygens (including phenoxy) is 1. The Kier molecular flexibility index (Phi) is 3.56. The summed E-state index contributed by atoms with van der Waals surface area (Å²) in [5.74, 6) is 0.851. The first-order valence-electron chi connectivity index (χ1n) is 7.08. The Bertz CT molecular complexity index is 671. The van der Waals surface area contributed by atoms with Crippen LogP contribution in [0.4, 0.5) is 0 Å². The molecule has 20 heavy (non-hydrogen) atoms. The molecule has 0 saturated heterocycles. The largest absolute Gasteiger partial charge is 0.497 e. The molecule has 1 heterocycles. The highest BCUT2D eigenvalue weighted by atomic mass is 32.1. The van der Waals surface area contributed by atoms with E-state index in [9.17, 15) is 0 Å². The number of hydrogen-bond acceptors (Lipinski definition) is 3. The number of rotatable bonds is 5. The zero-order chi connectivity index (χ0) is 14.3. The van der Waals surface area contributed by atoms with Gasteiger partial charge < -0.3 is 14.3 Å². The van der Waals surface area contributed by atoms with Crippen LogP contribution in [0.1, 0.15) is 19.8 Å². The molecule has 5 heteroatoms.